The van der Waals surface area contributed by atoms with Gasteiger partial charge < -0.3 is 17.7 Å². The summed E-state index contributed by atoms with van der Waals surface area (Å²) in [4.78, 5) is 0. The molecule has 1 rings (SSSR count). The fraction of sp³-hybridized carbons (Fsp3) is 0.727. The Kier molecular flexibility index (Phi) is 14.0. The van der Waals surface area contributed by atoms with Crippen LogP contribution in [0.5, 0.6) is 0 Å². The normalized spacial score (nSPS) is 14.0. The predicted octanol–water partition coefficient (Wildman–Crippen LogP) is 4.92. The molecule has 0 heterocycles. The van der Waals surface area contributed by atoms with Gasteiger partial charge in [-0.1, -0.05) is 38.1 Å². The van der Waals surface area contributed by atoms with E-state index in [2.05, 4.69) is 65.8 Å². The Bertz CT molecular complexity index is 458. The highest BCUT2D eigenvalue weighted by molar-refractivity contribution is 6.46. The molecule has 1 aromatic carbocycles. The molecule has 0 aromatic heterocycles. The van der Waals surface area contributed by atoms with Gasteiger partial charge in [0.25, 0.3) is 0 Å². The lowest BCUT2D eigenvalue weighted by Crippen LogP contribution is -2.28. The maximum absolute atomic E-state index is 5.91. The fourth-order valence-corrected chi connectivity index (χ4v) is 7.19. The molecular formula is C22H42O4Si2. The van der Waals surface area contributed by atoms with Crippen molar-refractivity contribution in [3.63, 3.8) is 0 Å². The summed E-state index contributed by atoms with van der Waals surface area (Å²) in [7, 11) is -3.15. The standard InChI is InChI=1S/C22H42O4Si2/c1-7-23-27(24-8-2)19(5)15-17-21-13-11-12-14-22(21)18-16-20(6)28(25-9-3)26-10-4/h11-14,19-20,27-28H,7-10,15-18H2,1-6H3. The van der Waals surface area contributed by atoms with Crippen LogP contribution in [0.15, 0.2) is 24.3 Å². The fourth-order valence-electron chi connectivity index (χ4n) is 3.49. The molecule has 4 nitrogen and oxygen atoms in total. The van der Waals surface area contributed by atoms with Crippen molar-refractivity contribution in [1.82, 2.24) is 0 Å². The van der Waals surface area contributed by atoms with Crippen molar-refractivity contribution in [3.8, 4) is 0 Å². The van der Waals surface area contributed by atoms with E-state index in [-0.39, 0.29) is 0 Å². The van der Waals surface area contributed by atoms with Crippen molar-refractivity contribution in [2.45, 2.75) is 78.3 Å². The lowest BCUT2D eigenvalue weighted by Gasteiger charge is -2.23. The average Bonchev–Trinajstić information content (AvgIpc) is 2.70. The molecule has 0 radical (unpaired) electrons. The third-order valence-electron chi connectivity index (χ3n) is 5.11. The van der Waals surface area contributed by atoms with Crippen LogP contribution in [0, 0.1) is 0 Å². The molecule has 2 unspecified atom stereocenters. The molecule has 0 aliphatic rings. The van der Waals surface area contributed by atoms with Crippen LogP contribution in [0.4, 0.5) is 0 Å². The van der Waals surface area contributed by atoms with Crippen molar-refractivity contribution in [2.24, 2.45) is 0 Å². The van der Waals surface area contributed by atoms with Gasteiger partial charge >= 0.3 is 18.6 Å². The van der Waals surface area contributed by atoms with Gasteiger partial charge in [0.2, 0.25) is 0 Å². The van der Waals surface area contributed by atoms with Crippen LogP contribution < -0.4 is 0 Å². The van der Waals surface area contributed by atoms with E-state index in [0.29, 0.717) is 11.1 Å². The Morgan fingerprint density at radius 2 is 0.964 bits per heavy atom. The third kappa shape index (κ3) is 9.33. The first-order valence-corrected chi connectivity index (χ1v) is 14.3. The summed E-state index contributed by atoms with van der Waals surface area (Å²) in [6, 6.07) is 8.88. The Morgan fingerprint density at radius 1 is 0.643 bits per heavy atom. The highest BCUT2D eigenvalue weighted by atomic mass is 28.3. The first kappa shape index (κ1) is 25.5. The minimum Gasteiger partial charge on any atom is -0.397 e. The molecule has 0 spiro atoms. The molecule has 0 amide bonds. The number of benzene rings is 1. The highest BCUT2D eigenvalue weighted by Crippen LogP contribution is 2.24. The summed E-state index contributed by atoms with van der Waals surface area (Å²) in [5.41, 5.74) is 3.96. The van der Waals surface area contributed by atoms with Gasteiger partial charge in [-0.2, -0.15) is 0 Å². The summed E-state index contributed by atoms with van der Waals surface area (Å²) < 4.78 is 23.6. The smallest absolute Gasteiger partial charge is 0.324 e. The number of hydrogen-bond acceptors (Lipinski definition) is 4. The van der Waals surface area contributed by atoms with Crippen molar-refractivity contribution in [3.05, 3.63) is 35.4 Å². The lowest BCUT2D eigenvalue weighted by atomic mass is 9.98. The van der Waals surface area contributed by atoms with E-state index in [1.54, 1.807) is 0 Å². The maximum Gasteiger partial charge on any atom is 0.324 e. The van der Waals surface area contributed by atoms with E-state index in [1.165, 1.54) is 11.1 Å². The van der Waals surface area contributed by atoms with Crippen LogP contribution in [0.25, 0.3) is 0 Å². The largest absolute Gasteiger partial charge is 0.397 e. The van der Waals surface area contributed by atoms with E-state index < -0.39 is 18.6 Å². The monoisotopic (exact) mass is 426 g/mol. The Labute approximate surface area is 176 Å². The molecule has 0 N–H and O–H groups in total. The van der Waals surface area contributed by atoms with E-state index in [9.17, 15) is 0 Å². The van der Waals surface area contributed by atoms with Crippen molar-refractivity contribution in [2.75, 3.05) is 26.4 Å². The van der Waals surface area contributed by atoms with Gasteiger partial charge in [0.1, 0.15) is 0 Å². The van der Waals surface area contributed by atoms with Gasteiger partial charge in [-0.25, -0.2) is 0 Å². The second kappa shape index (κ2) is 15.3. The Hall–Kier alpha value is -0.506. The maximum atomic E-state index is 5.91. The molecule has 0 saturated heterocycles. The molecule has 2 atom stereocenters. The first-order chi connectivity index (χ1) is 13.6. The van der Waals surface area contributed by atoms with E-state index in [1.807, 2.05) is 0 Å². The third-order valence-corrected chi connectivity index (χ3v) is 10.3. The Balaban J connectivity index is 2.64. The number of aryl methyl sites for hydroxylation is 2. The van der Waals surface area contributed by atoms with Gasteiger partial charge in [-0.15, -0.1) is 0 Å². The van der Waals surface area contributed by atoms with E-state index in [0.717, 1.165) is 52.1 Å². The van der Waals surface area contributed by atoms with E-state index in [4.69, 9.17) is 17.7 Å². The molecule has 1 aromatic rings. The van der Waals surface area contributed by atoms with E-state index >= 15 is 0 Å². The highest BCUT2D eigenvalue weighted by Gasteiger charge is 2.23. The average molecular weight is 427 g/mol. The molecule has 0 bridgehead atoms. The second-order valence-corrected chi connectivity index (χ2v) is 12.4. The summed E-state index contributed by atoms with van der Waals surface area (Å²) >= 11 is 0. The summed E-state index contributed by atoms with van der Waals surface area (Å²) in [6.07, 6.45) is 4.43. The van der Waals surface area contributed by atoms with Gasteiger partial charge in [0.15, 0.2) is 0 Å². The molecule has 6 heteroatoms. The molecule has 0 aliphatic carbocycles. The summed E-state index contributed by atoms with van der Waals surface area (Å²) in [5, 5.41) is 0. The van der Waals surface area contributed by atoms with Crippen LogP contribution in [0.1, 0.15) is 65.5 Å². The van der Waals surface area contributed by atoms with Crippen molar-refractivity contribution < 1.29 is 17.7 Å². The SMILES string of the molecule is CCO[SiH](OCC)C(C)CCc1ccccc1CCC(C)[SiH](OCC)OCC. The lowest BCUT2D eigenvalue weighted by molar-refractivity contribution is 0.203. The Morgan fingerprint density at radius 3 is 1.25 bits per heavy atom. The minimum atomic E-state index is -1.57. The van der Waals surface area contributed by atoms with Gasteiger partial charge in [0.05, 0.1) is 0 Å². The summed E-state index contributed by atoms with van der Waals surface area (Å²) in [5.74, 6) is 0. The predicted molar refractivity (Wildman–Crippen MR) is 123 cm³/mol. The van der Waals surface area contributed by atoms with Gasteiger partial charge in [0, 0.05) is 26.4 Å². The molecule has 28 heavy (non-hydrogen) atoms. The molecule has 0 saturated carbocycles. The number of hydrogen-bond donors (Lipinski definition) is 0. The zero-order chi connectivity index (χ0) is 20.8. The second-order valence-electron chi connectivity index (χ2n) is 7.36. The first-order valence-electron chi connectivity index (χ1n) is 11.1. The van der Waals surface area contributed by atoms with Crippen molar-refractivity contribution in [1.29, 1.82) is 0 Å². The zero-order valence-electron chi connectivity index (χ0n) is 18.9. The zero-order valence-corrected chi connectivity index (χ0v) is 21.2. The van der Waals surface area contributed by atoms with Crippen LogP contribution in [-0.4, -0.2) is 45.0 Å². The van der Waals surface area contributed by atoms with Gasteiger partial charge in [-0.05, 0) is 75.6 Å². The van der Waals surface area contributed by atoms with Crippen LogP contribution in [0.3, 0.4) is 0 Å². The molecule has 0 aliphatic heterocycles. The summed E-state index contributed by atoms with van der Waals surface area (Å²) in [6.45, 7) is 15.8. The topological polar surface area (TPSA) is 36.9 Å². The molecular weight excluding hydrogens is 384 g/mol. The van der Waals surface area contributed by atoms with Crippen LogP contribution in [0.2, 0.25) is 11.1 Å². The number of rotatable bonds is 16. The molecule has 162 valence electrons. The molecule has 0 fully saturated rings. The minimum absolute atomic E-state index is 0.513. The van der Waals surface area contributed by atoms with Gasteiger partial charge in [-0.3, -0.25) is 0 Å². The van der Waals surface area contributed by atoms with Crippen LogP contribution in [-0.2, 0) is 30.5 Å². The van der Waals surface area contributed by atoms with Crippen LogP contribution >= 0.6 is 0 Å². The van der Waals surface area contributed by atoms with Crippen molar-refractivity contribution >= 4 is 18.6 Å². The quantitative estimate of drug-likeness (QED) is 0.352.